The molecule has 20 heavy (non-hydrogen) atoms. The second kappa shape index (κ2) is 7.60. The highest BCUT2D eigenvalue weighted by Crippen LogP contribution is 2.25. The predicted octanol–water partition coefficient (Wildman–Crippen LogP) is 2.96. The summed E-state index contributed by atoms with van der Waals surface area (Å²) in [6.45, 7) is 1.90. The average Bonchev–Trinajstić information content (AvgIpc) is 2.48. The fourth-order valence-electron chi connectivity index (χ4n) is 2.92. The Hall–Kier alpha value is -1.13. The van der Waals surface area contributed by atoms with E-state index in [0.717, 1.165) is 31.4 Å². The van der Waals surface area contributed by atoms with E-state index in [-0.39, 0.29) is 12.4 Å². The summed E-state index contributed by atoms with van der Waals surface area (Å²) in [7, 11) is 1.55. The highest BCUT2D eigenvalue weighted by Gasteiger charge is 2.22. The molecule has 0 aliphatic carbocycles. The minimum Gasteiger partial charge on any atom is -0.497 e. The van der Waals surface area contributed by atoms with Crippen molar-refractivity contribution in [3.05, 3.63) is 29.6 Å². The van der Waals surface area contributed by atoms with Crippen molar-refractivity contribution in [2.24, 2.45) is 0 Å². The Bertz CT molecular complexity index is 425. The van der Waals surface area contributed by atoms with Crippen molar-refractivity contribution in [2.45, 2.75) is 44.7 Å². The standard InChI is InChI=1S/C16H24FNO2/c1-20-15-8-7-13(16(17)11-15)12-18-9-3-2-5-14(18)6-4-10-19/h7-8,11,14,19H,2-6,9-10,12H2,1H3/t14-/m0/s1. The quantitative estimate of drug-likeness (QED) is 0.870. The Balaban J connectivity index is 2.02. The SMILES string of the molecule is COc1ccc(CN2CCCC[C@H]2CCCO)c(F)c1. The molecule has 0 spiro atoms. The van der Waals surface area contributed by atoms with Gasteiger partial charge in [-0.15, -0.1) is 0 Å². The first-order chi connectivity index (χ1) is 9.74. The lowest BCUT2D eigenvalue weighted by atomic mass is 9.97. The number of rotatable bonds is 6. The maximum Gasteiger partial charge on any atom is 0.131 e. The summed E-state index contributed by atoms with van der Waals surface area (Å²) in [6.07, 6.45) is 5.38. The van der Waals surface area contributed by atoms with E-state index in [1.165, 1.54) is 18.9 Å². The number of methoxy groups -OCH3 is 1. The van der Waals surface area contributed by atoms with Crippen LogP contribution in [0, 0.1) is 5.82 Å². The van der Waals surface area contributed by atoms with Gasteiger partial charge in [0, 0.05) is 30.8 Å². The van der Waals surface area contributed by atoms with Gasteiger partial charge in [-0.3, -0.25) is 4.90 Å². The van der Waals surface area contributed by atoms with E-state index in [4.69, 9.17) is 9.84 Å². The van der Waals surface area contributed by atoms with E-state index >= 15 is 0 Å². The van der Waals surface area contributed by atoms with Crippen LogP contribution < -0.4 is 4.74 Å². The number of halogens is 1. The molecule has 1 heterocycles. The van der Waals surface area contributed by atoms with Crippen molar-refractivity contribution in [1.82, 2.24) is 4.90 Å². The molecule has 1 aliphatic heterocycles. The van der Waals surface area contributed by atoms with E-state index < -0.39 is 0 Å². The van der Waals surface area contributed by atoms with Crippen LogP contribution in [0.2, 0.25) is 0 Å². The summed E-state index contributed by atoms with van der Waals surface area (Å²) in [5, 5.41) is 8.98. The number of aliphatic hydroxyl groups excluding tert-OH is 1. The Morgan fingerprint density at radius 2 is 2.25 bits per heavy atom. The molecule has 0 aromatic heterocycles. The van der Waals surface area contributed by atoms with Gasteiger partial charge in [-0.2, -0.15) is 0 Å². The van der Waals surface area contributed by atoms with Crippen LogP contribution in [-0.2, 0) is 6.54 Å². The molecule has 1 aromatic carbocycles. The van der Waals surface area contributed by atoms with Gasteiger partial charge in [0.05, 0.1) is 7.11 Å². The lowest BCUT2D eigenvalue weighted by Crippen LogP contribution is -2.39. The van der Waals surface area contributed by atoms with Crippen LogP contribution in [-0.4, -0.2) is 36.3 Å². The summed E-state index contributed by atoms with van der Waals surface area (Å²) >= 11 is 0. The molecule has 2 rings (SSSR count). The second-order valence-corrected chi connectivity index (χ2v) is 5.44. The lowest BCUT2D eigenvalue weighted by molar-refractivity contribution is 0.122. The summed E-state index contributed by atoms with van der Waals surface area (Å²) in [5.74, 6) is 0.359. The van der Waals surface area contributed by atoms with Crippen LogP contribution in [0.1, 0.15) is 37.7 Å². The zero-order chi connectivity index (χ0) is 14.4. The van der Waals surface area contributed by atoms with E-state index in [0.29, 0.717) is 18.3 Å². The van der Waals surface area contributed by atoms with Crippen molar-refractivity contribution in [3.8, 4) is 5.75 Å². The van der Waals surface area contributed by atoms with E-state index in [1.54, 1.807) is 7.11 Å². The molecule has 112 valence electrons. The second-order valence-electron chi connectivity index (χ2n) is 5.44. The minimum atomic E-state index is -0.198. The Morgan fingerprint density at radius 1 is 1.40 bits per heavy atom. The third kappa shape index (κ3) is 3.93. The zero-order valence-corrected chi connectivity index (χ0v) is 12.1. The fraction of sp³-hybridized carbons (Fsp3) is 0.625. The van der Waals surface area contributed by atoms with Crippen LogP contribution in [0.5, 0.6) is 5.75 Å². The van der Waals surface area contributed by atoms with Crippen LogP contribution >= 0.6 is 0 Å². The molecule has 1 aliphatic rings. The minimum absolute atomic E-state index is 0.198. The number of likely N-dealkylation sites (tertiary alicyclic amines) is 1. The molecule has 1 N–H and O–H groups in total. The molecule has 0 unspecified atom stereocenters. The van der Waals surface area contributed by atoms with Gasteiger partial charge < -0.3 is 9.84 Å². The van der Waals surface area contributed by atoms with Gasteiger partial charge in [-0.25, -0.2) is 4.39 Å². The topological polar surface area (TPSA) is 32.7 Å². The monoisotopic (exact) mass is 281 g/mol. The third-order valence-electron chi connectivity index (χ3n) is 4.08. The van der Waals surface area contributed by atoms with E-state index in [9.17, 15) is 4.39 Å². The first kappa shape index (κ1) is 15.3. The van der Waals surface area contributed by atoms with Crippen molar-refractivity contribution >= 4 is 0 Å². The van der Waals surface area contributed by atoms with Crippen molar-refractivity contribution in [1.29, 1.82) is 0 Å². The molecule has 1 saturated heterocycles. The molecule has 0 amide bonds. The molecule has 3 nitrogen and oxygen atoms in total. The summed E-state index contributed by atoms with van der Waals surface area (Å²) in [5.41, 5.74) is 0.724. The first-order valence-electron chi connectivity index (χ1n) is 7.42. The number of hydrogen-bond donors (Lipinski definition) is 1. The van der Waals surface area contributed by atoms with Crippen molar-refractivity contribution < 1.29 is 14.2 Å². The number of benzene rings is 1. The van der Waals surface area contributed by atoms with E-state index in [2.05, 4.69) is 4.90 Å². The smallest absolute Gasteiger partial charge is 0.131 e. The number of piperidine rings is 1. The zero-order valence-electron chi connectivity index (χ0n) is 12.1. The van der Waals surface area contributed by atoms with Crippen LogP contribution in [0.25, 0.3) is 0 Å². The summed E-state index contributed by atoms with van der Waals surface area (Å²) < 4.78 is 19.1. The average molecular weight is 281 g/mol. The molecule has 0 radical (unpaired) electrons. The van der Waals surface area contributed by atoms with Gasteiger partial charge in [0.2, 0.25) is 0 Å². The summed E-state index contributed by atoms with van der Waals surface area (Å²) in [4.78, 5) is 2.35. The van der Waals surface area contributed by atoms with Gasteiger partial charge in [0.1, 0.15) is 11.6 Å². The van der Waals surface area contributed by atoms with Gasteiger partial charge in [0.25, 0.3) is 0 Å². The number of ether oxygens (including phenoxy) is 1. The number of hydrogen-bond acceptors (Lipinski definition) is 3. The predicted molar refractivity (Wildman–Crippen MR) is 77.3 cm³/mol. The molecule has 1 fully saturated rings. The molecule has 1 aromatic rings. The molecular formula is C16H24FNO2. The van der Waals surface area contributed by atoms with Crippen LogP contribution in [0.3, 0.4) is 0 Å². The maximum absolute atomic E-state index is 14.0. The third-order valence-corrected chi connectivity index (χ3v) is 4.08. The molecule has 4 heteroatoms. The molecular weight excluding hydrogens is 257 g/mol. The van der Waals surface area contributed by atoms with Crippen molar-refractivity contribution in [3.63, 3.8) is 0 Å². The Labute approximate surface area is 120 Å². The lowest BCUT2D eigenvalue weighted by Gasteiger charge is -2.36. The highest BCUT2D eigenvalue weighted by atomic mass is 19.1. The van der Waals surface area contributed by atoms with Gasteiger partial charge in [-0.1, -0.05) is 12.5 Å². The molecule has 0 bridgehead atoms. The van der Waals surface area contributed by atoms with Crippen molar-refractivity contribution in [2.75, 3.05) is 20.3 Å². The normalized spacial score (nSPS) is 20.1. The number of aliphatic hydroxyl groups is 1. The van der Waals surface area contributed by atoms with Gasteiger partial charge >= 0.3 is 0 Å². The van der Waals surface area contributed by atoms with Crippen LogP contribution in [0.4, 0.5) is 4.39 Å². The van der Waals surface area contributed by atoms with Gasteiger partial charge in [-0.05, 0) is 38.3 Å². The first-order valence-corrected chi connectivity index (χ1v) is 7.42. The Morgan fingerprint density at radius 3 is 2.95 bits per heavy atom. The molecule has 1 atom stereocenters. The Kier molecular flexibility index (Phi) is 5.80. The molecule has 0 saturated carbocycles. The summed E-state index contributed by atoms with van der Waals surface area (Å²) in [6, 6.07) is 5.54. The van der Waals surface area contributed by atoms with E-state index in [1.807, 2.05) is 12.1 Å². The fourth-order valence-corrected chi connectivity index (χ4v) is 2.92. The highest BCUT2D eigenvalue weighted by molar-refractivity contribution is 5.28. The van der Waals surface area contributed by atoms with Gasteiger partial charge in [0.15, 0.2) is 0 Å². The van der Waals surface area contributed by atoms with Crippen LogP contribution in [0.15, 0.2) is 18.2 Å². The largest absolute Gasteiger partial charge is 0.497 e. The number of nitrogens with zero attached hydrogens (tertiary/aromatic N) is 1. The maximum atomic E-state index is 14.0.